The summed E-state index contributed by atoms with van der Waals surface area (Å²) in [7, 11) is 0. The van der Waals surface area contributed by atoms with Gasteiger partial charge in [-0.3, -0.25) is 9.48 Å². The Balaban J connectivity index is 1.50. The van der Waals surface area contributed by atoms with Crippen LogP contribution in [-0.4, -0.2) is 55.4 Å². The molecule has 6 aromatic rings. The van der Waals surface area contributed by atoms with Gasteiger partial charge < -0.3 is 19.2 Å². The van der Waals surface area contributed by atoms with Gasteiger partial charge in [0.2, 0.25) is 5.91 Å². The van der Waals surface area contributed by atoms with Gasteiger partial charge >= 0.3 is 0 Å². The lowest BCUT2D eigenvalue weighted by molar-refractivity contribution is -0.127. The number of pyridine rings is 1. The van der Waals surface area contributed by atoms with E-state index in [4.69, 9.17) is 19.2 Å². The fourth-order valence-electron chi connectivity index (χ4n) is 5.61. The smallest absolute Gasteiger partial charge is 0.246 e. The highest BCUT2D eigenvalue weighted by Gasteiger charge is 2.28. The lowest BCUT2D eigenvalue weighted by Gasteiger charge is -2.26. The SMILES string of the molecule is C=CC(=O)N1CCn2nc(-c3nc(-c4ccc5oc(C)nc5c4)c4ccsc4c3-c3c(F)cc(F)cc3OCCO)cc2C1. The van der Waals surface area contributed by atoms with Gasteiger partial charge in [0.1, 0.15) is 40.9 Å². The zero-order valence-corrected chi connectivity index (χ0v) is 24.3. The Labute approximate surface area is 253 Å². The normalized spacial score (nSPS) is 13.0. The maximum Gasteiger partial charge on any atom is 0.246 e. The Bertz CT molecular complexity index is 2100. The molecule has 0 fully saturated rings. The zero-order chi connectivity index (χ0) is 30.5. The molecule has 0 aliphatic carbocycles. The average Bonchev–Trinajstić information content (AvgIpc) is 3.75. The number of aliphatic hydroxyl groups excluding tert-OH is 1. The van der Waals surface area contributed by atoms with E-state index < -0.39 is 11.6 Å². The summed E-state index contributed by atoms with van der Waals surface area (Å²) in [6.07, 6.45) is 1.28. The maximum absolute atomic E-state index is 15.9. The van der Waals surface area contributed by atoms with Crippen LogP contribution in [0, 0.1) is 18.6 Å². The number of fused-ring (bicyclic) bond motifs is 3. The summed E-state index contributed by atoms with van der Waals surface area (Å²) in [4.78, 5) is 23.6. The predicted molar refractivity (Wildman–Crippen MR) is 162 cm³/mol. The van der Waals surface area contributed by atoms with Crippen molar-refractivity contribution < 1.29 is 27.8 Å². The molecule has 0 bridgehead atoms. The van der Waals surface area contributed by atoms with Crippen LogP contribution in [0.1, 0.15) is 11.6 Å². The van der Waals surface area contributed by atoms with E-state index in [1.807, 2.05) is 35.7 Å². The third-order valence-corrected chi connectivity index (χ3v) is 8.45. The van der Waals surface area contributed by atoms with Gasteiger partial charge in [0.05, 0.1) is 36.6 Å². The number of halogens is 2. The first-order valence-electron chi connectivity index (χ1n) is 13.8. The molecule has 9 nitrogen and oxygen atoms in total. The Morgan fingerprint density at radius 2 is 2.00 bits per heavy atom. The Morgan fingerprint density at radius 1 is 1.14 bits per heavy atom. The topological polar surface area (TPSA) is 107 Å². The standard InChI is InChI=1S/C32H25F2N5O4S/c1-3-27(41)38-7-8-39-20(16-38)15-24(37-39)31-29(28-22(34)13-19(33)14-26(28)42-10-9-40)32-21(6-11-44-32)30(36-31)18-4-5-25-23(12-18)35-17(2)43-25/h3-6,11-15,40H,1,7-10,16H2,2H3. The van der Waals surface area contributed by atoms with Gasteiger partial charge in [-0.05, 0) is 41.8 Å². The number of aryl methyl sites for hydroxylation is 1. The van der Waals surface area contributed by atoms with Gasteiger partial charge in [-0.15, -0.1) is 11.3 Å². The molecular formula is C32H25F2N5O4S. The summed E-state index contributed by atoms with van der Waals surface area (Å²) in [5, 5.41) is 16.9. The third-order valence-electron chi connectivity index (χ3n) is 7.52. The van der Waals surface area contributed by atoms with Crippen molar-refractivity contribution in [3.8, 4) is 39.5 Å². The summed E-state index contributed by atoms with van der Waals surface area (Å²) >= 11 is 1.38. The van der Waals surface area contributed by atoms with Crippen LogP contribution in [0.25, 0.3) is 55.0 Å². The van der Waals surface area contributed by atoms with Crippen molar-refractivity contribution in [3.05, 3.63) is 83.7 Å². The van der Waals surface area contributed by atoms with E-state index in [2.05, 4.69) is 11.6 Å². The van der Waals surface area contributed by atoms with Crippen LogP contribution in [0.2, 0.25) is 0 Å². The van der Waals surface area contributed by atoms with Crippen molar-refractivity contribution >= 4 is 38.4 Å². The van der Waals surface area contributed by atoms with Gasteiger partial charge in [-0.2, -0.15) is 5.10 Å². The van der Waals surface area contributed by atoms with Crippen molar-refractivity contribution in [2.45, 2.75) is 20.0 Å². The number of carbonyl (C=O) groups excluding carboxylic acids is 1. The number of ether oxygens (including phenoxy) is 1. The number of hydrogen-bond donors (Lipinski definition) is 1. The molecule has 2 aromatic carbocycles. The number of aromatic nitrogens is 4. The van der Waals surface area contributed by atoms with Crippen molar-refractivity contribution in [2.24, 2.45) is 0 Å². The molecule has 1 amide bonds. The number of carbonyl (C=O) groups is 1. The highest BCUT2D eigenvalue weighted by molar-refractivity contribution is 7.18. The van der Waals surface area contributed by atoms with Crippen LogP contribution >= 0.6 is 11.3 Å². The van der Waals surface area contributed by atoms with Crippen molar-refractivity contribution in [2.75, 3.05) is 19.8 Å². The number of benzene rings is 2. The molecule has 1 N–H and O–H groups in total. The second-order valence-electron chi connectivity index (χ2n) is 10.3. The minimum absolute atomic E-state index is 0.0124. The summed E-state index contributed by atoms with van der Waals surface area (Å²) in [6, 6.07) is 11.2. The first kappa shape index (κ1) is 27.9. The number of nitrogens with zero attached hydrogens (tertiary/aromatic N) is 5. The number of amides is 1. The van der Waals surface area contributed by atoms with Crippen molar-refractivity contribution in [1.29, 1.82) is 0 Å². The van der Waals surface area contributed by atoms with Gasteiger partial charge in [-0.25, -0.2) is 18.7 Å². The summed E-state index contributed by atoms with van der Waals surface area (Å²) in [6.45, 7) is 6.10. The summed E-state index contributed by atoms with van der Waals surface area (Å²) in [5.41, 5.74) is 4.69. The van der Waals surface area contributed by atoms with Crippen molar-refractivity contribution in [3.63, 3.8) is 0 Å². The van der Waals surface area contributed by atoms with Gasteiger partial charge in [0.25, 0.3) is 0 Å². The Morgan fingerprint density at radius 3 is 2.82 bits per heavy atom. The predicted octanol–water partition coefficient (Wildman–Crippen LogP) is 6.12. The second-order valence-corrected chi connectivity index (χ2v) is 11.2. The molecule has 0 saturated carbocycles. The van der Waals surface area contributed by atoms with E-state index in [-0.39, 0.29) is 30.4 Å². The highest BCUT2D eigenvalue weighted by Crippen LogP contribution is 2.47. The van der Waals surface area contributed by atoms with Crippen LogP contribution in [0.5, 0.6) is 5.75 Å². The molecule has 4 aromatic heterocycles. The fraction of sp³-hybridized carbons (Fsp3) is 0.188. The van der Waals surface area contributed by atoms with Crippen LogP contribution < -0.4 is 4.74 Å². The maximum atomic E-state index is 15.9. The minimum atomic E-state index is -0.838. The molecule has 0 unspecified atom stereocenters. The molecule has 7 rings (SSSR count). The fourth-order valence-corrected chi connectivity index (χ4v) is 6.56. The second kappa shape index (κ2) is 11.0. The quantitative estimate of drug-likeness (QED) is 0.216. The Kier molecular flexibility index (Phi) is 6.94. The number of oxazole rings is 1. The van der Waals surface area contributed by atoms with E-state index in [9.17, 15) is 14.3 Å². The van der Waals surface area contributed by atoms with E-state index in [0.717, 1.165) is 28.8 Å². The van der Waals surface area contributed by atoms with Crippen molar-refractivity contribution in [1.82, 2.24) is 24.6 Å². The zero-order valence-electron chi connectivity index (χ0n) is 23.5. The van der Waals surface area contributed by atoms with E-state index in [1.165, 1.54) is 17.4 Å². The number of aliphatic hydroxyl groups is 1. The monoisotopic (exact) mass is 613 g/mol. The lowest BCUT2D eigenvalue weighted by Crippen LogP contribution is -2.37. The summed E-state index contributed by atoms with van der Waals surface area (Å²) < 4.78 is 44.2. The van der Waals surface area contributed by atoms with Gasteiger partial charge in [0, 0.05) is 46.8 Å². The molecule has 0 spiro atoms. The van der Waals surface area contributed by atoms with Crippen LogP contribution in [0.15, 0.2) is 64.9 Å². The first-order chi connectivity index (χ1) is 21.3. The minimum Gasteiger partial charge on any atom is -0.490 e. The molecule has 0 saturated heterocycles. The summed E-state index contributed by atoms with van der Waals surface area (Å²) in [5.74, 6) is -1.36. The highest BCUT2D eigenvalue weighted by atomic mass is 32.1. The number of thiophene rings is 1. The molecule has 12 heteroatoms. The van der Waals surface area contributed by atoms with E-state index in [1.54, 1.807) is 16.5 Å². The number of hydrogen-bond acceptors (Lipinski definition) is 8. The van der Waals surface area contributed by atoms with Gasteiger partial charge in [-0.1, -0.05) is 6.58 Å². The molecule has 44 heavy (non-hydrogen) atoms. The molecule has 0 atom stereocenters. The third kappa shape index (κ3) is 4.72. The molecule has 1 aliphatic heterocycles. The van der Waals surface area contributed by atoms with Crippen LogP contribution in [0.3, 0.4) is 0 Å². The van der Waals surface area contributed by atoms with Gasteiger partial charge in [0.15, 0.2) is 11.5 Å². The van der Waals surface area contributed by atoms with E-state index in [0.29, 0.717) is 64.0 Å². The number of rotatable bonds is 7. The first-order valence-corrected chi connectivity index (χ1v) is 14.7. The average molecular weight is 614 g/mol. The van der Waals surface area contributed by atoms with E-state index >= 15 is 4.39 Å². The van der Waals surface area contributed by atoms with Crippen LogP contribution in [-0.2, 0) is 17.9 Å². The van der Waals surface area contributed by atoms with Crippen LogP contribution in [0.4, 0.5) is 8.78 Å². The molecule has 0 radical (unpaired) electrons. The molecular weight excluding hydrogens is 588 g/mol. The lowest BCUT2D eigenvalue weighted by atomic mass is 9.96. The Hall–Kier alpha value is -4.94. The molecule has 1 aliphatic rings. The molecule has 5 heterocycles. The largest absolute Gasteiger partial charge is 0.490 e. The molecule has 222 valence electrons.